The lowest BCUT2D eigenvalue weighted by Crippen LogP contribution is -1.92. The van der Waals surface area contributed by atoms with Gasteiger partial charge in [0.25, 0.3) is 0 Å². The molecule has 2 rings (SSSR count). The molecule has 2 aromatic rings. The van der Waals surface area contributed by atoms with Gasteiger partial charge in [0.1, 0.15) is 5.82 Å². The highest BCUT2D eigenvalue weighted by Gasteiger charge is 2.09. The summed E-state index contributed by atoms with van der Waals surface area (Å²) in [4.78, 5) is 4.60. The average molecular weight is 255 g/mol. The van der Waals surface area contributed by atoms with Crippen LogP contribution in [0.1, 0.15) is 18.6 Å². The minimum atomic E-state index is -0.645. The molecule has 0 saturated carbocycles. The van der Waals surface area contributed by atoms with Gasteiger partial charge in [0.15, 0.2) is 4.34 Å². The van der Waals surface area contributed by atoms with Crippen molar-refractivity contribution >= 4 is 23.1 Å². The van der Waals surface area contributed by atoms with Gasteiger partial charge in [-0.1, -0.05) is 17.8 Å². The third-order valence-electron chi connectivity index (χ3n) is 2.05. The van der Waals surface area contributed by atoms with Gasteiger partial charge in [-0.25, -0.2) is 9.37 Å². The maximum absolute atomic E-state index is 13.6. The fraction of sp³-hybridized carbons (Fsp3) is 0.182. The van der Waals surface area contributed by atoms with Crippen LogP contribution < -0.4 is 0 Å². The first-order valence-corrected chi connectivity index (χ1v) is 6.41. The second-order valence-corrected chi connectivity index (χ2v) is 5.45. The zero-order chi connectivity index (χ0) is 11.5. The highest BCUT2D eigenvalue weighted by atomic mass is 32.2. The third kappa shape index (κ3) is 2.61. The van der Waals surface area contributed by atoms with E-state index < -0.39 is 6.10 Å². The zero-order valence-corrected chi connectivity index (χ0v) is 10.2. The van der Waals surface area contributed by atoms with Gasteiger partial charge in [-0.05, 0) is 24.6 Å². The van der Waals surface area contributed by atoms with Crippen LogP contribution in [0.2, 0.25) is 0 Å². The summed E-state index contributed by atoms with van der Waals surface area (Å²) in [6.07, 6.45) is 1.04. The molecule has 0 saturated heterocycles. The topological polar surface area (TPSA) is 33.1 Å². The molecule has 0 bridgehead atoms. The van der Waals surface area contributed by atoms with E-state index in [4.69, 9.17) is 0 Å². The number of benzene rings is 1. The maximum atomic E-state index is 13.6. The molecule has 1 aromatic carbocycles. The molecule has 0 spiro atoms. The van der Waals surface area contributed by atoms with Crippen LogP contribution in [-0.4, -0.2) is 10.1 Å². The van der Waals surface area contributed by atoms with E-state index in [1.165, 1.54) is 29.2 Å². The van der Waals surface area contributed by atoms with Crippen molar-refractivity contribution in [3.8, 4) is 0 Å². The van der Waals surface area contributed by atoms with Crippen LogP contribution in [0, 0.1) is 5.82 Å². The number of rotatable bonds is 3. The van der Waals surface area contributed by atoms with Crippen molar-refractivity contribution < 1.29 is 9.50 Å². The van der Waals surface area contributed by atoms with Gasteiger partial charge in [-0.2, -0.15) is 0 Å². The Morgan fingerprint density at radius 2 is 2.31 bits per heavy atom. The number of nitrogens with zero attached hydrogens (tertiary/aromatic N) is 1. The van der Waals surface area contributed by atoms with Crippen molar-refractivity contribution in [2.24, 2.45) is 0 Å². The normalized spacial score (nSPS) is 12.7. The van der Waals surface area contributed by atoms with Crippen LogP contribution in [0.25, 0.3) is 0 Å². The van der Waals surface area contributed by atoms with E-state index in [1.54, 1.807) is 25.3 Å². The molecule has 0 amide bonds. The first-order chi connectivity index (χ1) is 7.66. The maximum Gasteiger partial charge on any atom is 0.154 e. The minimum Gasteiger partial charge on any atom is -0.389 e. The molecule has 16 heavy (non-hydrogen) atoms. The molecule has 1 heterocycles. The first kappa shape index (κ1) is 11.6. The Balaban J connectivity index is 2.23. The Labute approximate surface area is 101 Å². The fourth-order valence-electron chi connectivity index (χ4n) is 1.21. The first-order valence-electron chi connectivity index (χ1n) is 4.71. The Bertz CT molecular complexity index is 471. The fourth-order valence-corrected chi connectivity index (χ4v) is 2.80. The number of aliphatic hydroxyl groups is 1. The molecule has 1 aromatic heterocycles. The minimum absolute atomic E-state index is 0.321. The molecule has 0 aliphatic carbocycles. The van der Waals surface area contributed by atoms with E-state index in [1.807, 2.05) is 5.38 Å². The van der Waals surface area contributed by atoms with E-state index >= 15 is 0 Å². The molecule has 5 heteroatoms. The summed E-state index contributed by atoms with van der Waals surface area (Å²) >= 11 is 2.76. The Hall–Kier alpha value is -0.910. The number of aromatic nitrogens is 1. The molecule has 1 atom stereocenters. The van der Waals surface area contributed by atoms with Gasteiger partial charge in [0, 0.05) is 11.6 Å². The molecular formula is C11H10FNOS2. The monoisotopic (exact) mass is 255 g/mol. The summed E-state index contributed by atoms with van der Waals surface area (Å²) in [6, 6.07) is 4.76. The predicted molar refractivity (Wildman–Crippen MR) is 63.3 cm³/mol. The number of hydrogen-bond acceptors (Lipinski definition) is 4. The molecular weight excluding hydrogens is 245 g/mol. The van der Waals surface area contributed by atoms with Gasteiger partial charge in [0.05, 0.1) is 11.0 Å². The van der Waals surface area contributed by atoms with Gasteiger partial charge < -0.3 is 5.11 Å². The Morgan fingerprint density at radius 3 is 2.88 bits per heavy atom. The van der Waals surface area contributed by atoms with Gasteiger partial charge >= 0.3 is 0 Å². The average Bonchev–Trinajstić information content (AvgIpc) is 2.73. The lowest BCUT2D eigenvalue weighted by Gasteiger charge is -2.06. The van der Waals surface area contributed by atoms with Crippen molar-refractivity contribution in [3.63, 3.8) is 0 Å². The van der Waals surface area contributed by atoms with Crippen LogP contribution in [0.5, 0.6) is 0 Å². The van der Waals surface area contributed by atoms with Gasteiger partial charge in [0.2, 0.25) is 0 Å². The number of halogens is 1. The van der Waals surface area contributed by atoms with Crippen molar-refractivity contribution in [2.75, 3.05) is 0 Å². The molecule has 84 valence electrons. The second-order valence-electron chi connectivity index (χ2n) is 3.27. The SMILES string of the molecule is CC(O)c1ccc(Sc2nccs2)c(F)c1. The summed E-state index contributed by atoms with van der Waals surface area (Å²) in [5.74, 6) is -0.321. The van der Waals surface area contributed by atoms with Crippen LogP contribution in [0.4, 0.5) is 4.39 Å². The van der Waals surface area contributed by atoms with Gasteiger partial charge in [-0.15, -0.1) is 11.3 Å². The van der Waals surface area contributed by atoms with E-state index in [0.29, 0.717) is 10.5 Å². The molecule has 0 aliphatic rings. The van der Waals surface area contributed by atoms with Crippen LogP contribution in [0.15, 0.2) is 39.0 Å². The third-order valence-corrected chi connectivity index (χ3v) is 3.98. The standard InChI is InChI=1S/C11H10FNOS2/c1-7(14)8-2-3-10(9(12)6-8)16-11-13-4-5-15-11/h2-7,14H,1H3. The number of hydrogen-bond donors (Lipinski definition) is 1. The quantitative estimate of drug-likeness (QED) is 0.911. The summed E-state index contributed by atoms with van der Waals surface area (Å²) < 4.78 is 14.5. The van der Waals surface area contributed by atoms with E-state index in [2.05, 4.69) is 4.98 Å². The molecule has 2 nitrogen and oxygen atoms in total. The largest absolute Gasteiger partial charge is 0.389 e. The lowest BCUT2D eigenvalue weighted by atomic mass is 10.1. The van der Waals surface area contributed by atoms with E-state index in [0.717, 1.165) is 4.34 Å². The van der Waals surface area contributed by atoms with Crippen LogP contribution >= 0.6 is 23.1 Å². The predicted octanol–water partition coefficient (Wildman–Crippen LogP) is 3.49. The number of aliphatic hydroxyl groups excluding tert-OH is 1. The zero-order valence-electron chi connectivity index (χ0n) is 8.55. The molecule has 0 fully saturated rings. The molecule has 0 aliphatic heterocycles. The molecule has 1 unspecified atom stereocenters. The van der Waals surface area contributed by atoms with Crippen molar-refractivity contribution in [1.29, 1.82) is 0 Å². The van der Waals surface area contributed by atoms with Crippen LogP contribution in [0.3, 0.4) is 0 Å². The smallest absolute Gasteiger partial charge is 0.154 e. The highest BCUT2D eigenvalue weighted by molar-refractivity contribution is 8.01. The van der Waals surface area contributed by atoms with E-state index in [-0.39, 0.29) is 5.82 Å². The summed E-state index contributed by atoms with van der Waals surface area (Å²) in [7, 11) is 0. The van der Waals surface area contributed by atoms with Crippen molar-refractivity contribution in [2.45, 2.75) is 22.3 Å². The summed E-state index contributed by atoms with van der Waals surface area (Å²) in [6.45, 7) is 1.61. The summed E-state index contributed by atoms with van der Waals surface area (Å²) in [5.41, 5.74) is 0.584. The van der Waals surface area contributed by atoms with Crippen molar-refractivity contribution in [3.05, 3.63) is 41.2 Å². The molecule has 1 N–H and O–H groups in total. The summed E-state index contributed by atoms with van der Waals surface area (Å²) in [5, 5.41) is 11.2. The van der Waals surface area contributed by atoms with Gasteiger partial charge in [-0.3, -0.25) is 0 Å². The van der Waals surface area contributed by atoms with Crippen molar-refractivity contribution in [1.82, 2.24) is 4.98 Å². The lowest BCUT2D eigenvalue weighted by molar-refractivity contribution is 0.198. The Morgan fingerprint density at radius 1 is 1.50 bits per heavy atom. The molecule has 0 radical (unpaired) electrons. The highest BCUT2D eigenvalue weighted by Crippen LogP contribution is 2.32. The Kier molecular flexibility index (Phi) is 3.58. The second kappa shape index (κ2) is 4.95. The number of thiazole rings is 1. The van der Waals surface area contributed by atoms with E-state index in [9.17, 15) is 9.50 Å². The van der Waals surface area contributed by atoms with Crippen LogP contribution in [-0.2, 0) is 0 Å².